The van der Waals surface area contributed by atoms with E-state index in [0.29, 0.717) is 19.3 Å². The molecule has 0 aromatic rings. The van der Waals surface area contributed by atoms with Crippen LogP contribution in [0.2, 0.25) is 0 Å². The first-order valence-electron chi connectivity index (χ1n) is 7.93. The number of halogens is 2. The van der Waals surface area contributed by atoms with Gasteiger partial charge in [0.1, 0.15) is 4.33 Å². The van der Waals surface area contributed by atoms with Crippen molar-refractivity contribution < 1.29 is 17.9 Å². The van der Waals surface area contributed by atoms with E-state index in [1.807, 2.05) is 0 Å². The van der Waals surface area contributed by atoms with Crippen LogP contribution in [0.4, 0.5) is 0 Å². The summed E-state index contributed by atoms with van der Waals surface area (Å²) in [6.07, 6.45) is 4.75. The fraction of sp³-hybridized carbons (Fsp3) is 0.933. The van der Waals surface area contributed by atoms with E-state index in [0.717, 1.165) is 19.3 Å². The van der Waals surface area contributed by atoms with Gasteiger partial charge in [-0.1, -0.05) is 33.1 Å². The van der Waals surface area contributed by atoms with Crippen LogP contribution < -0.4 is 0 Å². The third-order valence-electron chi connectivity index (χ3n) is 4.59. The molecule has 22 heavy (non-hydrogen) atoms. The Morgan fingerprint density at radius 3 is 2.23 bits per heavy atom. The Morgan fingerprint density at radius 1 is 1.23 bits per heavy atom. The molecule has 0 bridgehead atoms. The van der Waals surface area contributed by atoms with E-state index >= 15 is 0 Å². The average molecular weight is 371 g/mol. The molecule has 2 saturated carbocycles. The van der Waals surface area contributed by atoms with Gasteiger partial charge in [-0.2, -0.15) is 0 Å². The normalized spacial score (nSPS) is 26.7. The number of carbonyl (C=O) groups is 1. The zero-order valence-electron chi connectivity index (χ0n) is 13.1. The van der Waals surface area contributed by atoms with Crippen molar-refractivity contribution >= 4 is 39.0 Å². The SMILES string of the molecule is CC(C)[C@H](C(=O)OC[C@@H]1CC1(Cl)Cl)S(=O)(=O)C1CCCCC1. The van der Waals surface area contributed by atoms with Crippen LogP contribution in [0.3, 0.4) is 0 Å². The highest BCUT2D eigenvalue weighted by Crippen LogP contribution is 2.53. The minimum atomic E-state index is -3.52. The molecule has 0 radical (unpaired) electrons. The third-order valence-corrected chi connectivity index (χ3v) is 8.36. The van der Waals surface area contributed by atoms with Gasteiger partial charge in [0.25, 0.3) is 0 Å². The molecule has 0 aromatic carbocycles. The Hall–Kier alpha value is -0.000000000000000111. The lowest BCUT2D eigenvalue weighted by molar-refractivity contribution is -0.144. The molecule has 4 nitrogen and oxygen atoms in total. The van der Waals surface area contributed by atoms with Crippen molar-refractivity contribution in [2.75, 3.05) is 6.61 Å². The summed E-state index contributed by atoms with van der Waals surface area (Å²) < 4.78 is 30.0. The first-order valence-corrected chi connectivity index (χ1v) is 10.3. The molecule has 7 heteroatoms. The molecule has 0 saturated heterocycles. The third kappa shape index (κ3) is 4.09. The molecule has 0 amide bonds. The lowest BCUT2D eigenvalue weighted by atomic mass is 10.0. The maximum Gasteiger partial charge on any atom is 0.324 e. The number of alkyl halides is 2. The number of ether oxygens (including phenoxy) is 1. The molecule has 2 fully saturated rings. The molecule has 0 aliphatic heterocycles. The van der Waals surface area contributed by atoms with Gasteiger partial charge >= 0.3 is 5.97 Å². The first-order chi connectivity index (χ1) is 10.2. The second-order valence-corrected chi connectivity index (χ2v) is 10.7. The second-order valence-electron chi connectivity index (χ2n) is 6.81. The number of hydrogen-bond acceptors (Lipinski definition) is 4. The summed E-state index contributed by atoms with van der Waals surface area (Å²) in [5.74, 6) is -1.06. The van der Waals surface area contributed by atoms with Gasteiger partial charge in [-0.3, -0.25) is 4.79 Å². The van der Waals surface area contributed by atoms with E-state index in [1.165, 1.54) is 0 Å². The molecule has 2 rings (SSSR count). The lowest BCUT2D eigenvalue weighted by Gasteiger charge is -2.28. The molecule has 2 aliphatic carbocycles. The Labute approximate surface area is 142 Å². The van der Waals surface area contributed by atoms with E-state index in [4.69, 9.17) is 27.9 Å². The first kappa shape index (κ1) is 18.3. The fourth-order valence-electron chi connectivity index (χ4n) is 3.10. The van der Waals surface area contributed by atoms with E-state index in [-0.39, 0.29) is 18.4 Å². The minimum Gasteiger partial charge on any atom is -0.464 e. The molecule has 2 aliphatic rings. The van der Waals surface area contributed by atoms with Crippen molar-refractivity contribution in [3.05, 3.63) is 0 Å². The van der Waals surface area contributed by atoms with Crippen molar-refractivity contribution in [3.63, 3.8) is 0 Å². The zero-order valence-corrected chi connectivity index (χ0v) is 15.4. The summed E-state index contributed by atoms with van der Waals surface area (Å²) in [5.41, 5.74) is 0. The molecule has 128 valence electrons. The Balaban J connectivity index is 2.03. The predicted molar refractivity (Wildman–Crippen MR) is 87.9 cm³/mol. The van der Waals surface area contributed by atoms with E-state index in [2.05, 4.69) is 0 Å². The van der Waals surface area contributed by atoms with E-state index < -0.39 is 30.6 Å². The van der Waals surface area contributed by atoms with Crippen molar-refractivity contribution in [3.8, 4) is 0 Å². The lowest BCUT2D eigenvalue weighted by Crippen LogP contribution is -2.43. The van der Waals surface area contributed by atoms with Gasteiger partial charge in [0.2, 0.25) is 0 Å². The Bertz CT molecular complexity index is 510. The van der Waals surface area contributed by atoms with Crippen LogP contribution in [-0.2, 0) is 19.4 Å². The maximum absolute atomic E-state index is 12.8. The van der Waals surface area contributed by atoms with Crippen molar-refractivity contribution in [1.29, 1.82) is 0 Å². The van der Waals surface area contributed by atoms with Crippen LogP contribution in [0.25, 0.3) is 0 Å². The van der Waals surface area contributed by atoms with Gasteiger partial charge in [-0.05, 0) is 25.2 Å². The van der Waals surface area contributed by atoms with Gasteiger partial charge in [0.05, 0.1) is 11.9 Å². The number of esters is 1. The Morgan fingerprint density at radius 2 is 1.77 bits per heavy atom. The minimum absolute atomic E-state index is 0.0925. The number of sulfone groups is 1. The molecule has 0 aromatic heterocycles. The molecule has 2 atom stereocenters. The van der Waals surface area contributed by atoms with Gasteiger partial charge in [-0.15, -0.1) is 23.2 Å². The summed E-state index contributed by atoms with van der Waals surface area (Å²) >= 11 is 11.8. The summed E-state index contributed by atoms with van der Waals surface area (Å²) in [7, 11) is -3.52. The Kier molecular flexibility index (Phi) is 5.72. The fourth-order valence-corrected chi connectivity index (χ4v) is 6.10. The standard InChI is InChI=1S/C15H24Cl2O4S/c1-10(2)13(14(18)21-9-11-8-15(11,16)17)22(19,20)12-6-4-3-5-7-12/h10-13H,3-9H2,1-2H3/t11-,13+/m0/s1. The monoisotopic (exact) mass is 370 g/mol. The maximum atomic E-state index is 12.8. The molecule has 0 heterocycles. The smallest absolute Gasteiger partial charge is 0.324 e. The highest BCUT2D eigenvalue weighted by molar-refractivity contribution is 7.93. The molecule has 0 spiro atoms. The highest BCUT2D eigenvalue weighted by Gasteiger charge is 2.53. The summed E-state index contributed by atoms with van der Waals surface area (Å²) in [5, 5.41) is -1.50. The predicted octanol–water partition coefficient (Wildman–Crippen LogP) is 3.50. The second kappa shape index (κ2) is 6.86. The number of rotatable bonds is 6. The summed E-state index contributed by atoms with van der Waals surface area (Å²) in [4.78, 5) is 12.3. The van der Waals surface area contributed by atoms with Crippen LogP contribution in [0.15, 0.2) is 0 Å². The average Bonchev–Trinajstić information content (AvgIpc) is 3.04. The van der Waals surface area contributed by atoms with Crippen molar-refractivity contribution in [2.24, 2.45) is 11.8 Å². The molecular formula is C15H24Cl2O4S. The van der Waals surface area contributed by atoms with Crippen LogP contribution in [-0.4, -0.2) is 35.8 Å². The molecule has 0 N–H and O–H groups in total. The van der Waals surface area contributed by atoms with Gasteiger partial charge in [0, 0.05) is 5.92 Å². The van der Waals surface area contributed by atoms with Gasteiger partial charge < -0.3 is 4.74 Å². The van der Waals surface area contributed by atoms with Crippen LogP contribution in [0, 0.1) is 11.8 Å². The summed E-state index contributed by atoms with van der Waals surface area (Å²) in [6, 6.07) is 0. The van der Waals surface area contributed by atoms with Crippen LogP contribution in [0.5, 0.6) is 0 Å². The molecule has 0 unspecified atom stereocenters. The molecular weight excluding hydrogens is 347 g/mol. The van der Waals surface area contributed by atoms with Crippen LogP contribution in [0.1, 0.15) is 52.4 Å². The largest absolute Gasteiger partial charge is 0.464 e. The van der Waals surface area contributed by atoms with Crippen molar-refractivity contribution in [1.82, 2.24) is 0 Å². The highest BCUT2D eigenvalue weighted by atomic mass is 35.5. The summed E-state index contributed by atoms with van der Waals surface area (Å²) in [6.45, 7) is 3.59. The van der Waals surface area contributed by atoms with Gasteiger partial charge in [-0.25, -0.2) is 8.42 Å². The van der Waals surface area contributed by atoms with Gasteiger partial charge in [0.15, 0.2) is 15.1 Å². The number of carbonyl (C=O) groups excluding carboxylic acids is 1. The quantitative estimate of drug-likeness (QED) is 0.530. The van der Waals surface area contributed by atoms with Crippen LogP contribution >= 0.6 is 23.2 Å². The number of hydrogen-bond donors (Lipinski definition) is 0. The van der Waals surface area contributed by atoms with Crippen molar-refractivity contribution in [2.45, 2.75) is 67.2 Å². The van der Waals surface area contributed by atoms with E-state index in [9.17, 15) is 13.2 Å². The zero-order chi connectivity index (χ0) is 16.5. The topological polar surface area (TPSA) is 60.4 Å². The van der Waals surface area contributed by atoms with E-state index in [1.54, 1.807) is 13.8 Å².